The quantitative estimate of drug-likeness (QED) is 0.244. The summed E-state index contributed by atoms with van der Waals surface area (Å²) in [5.74, 6) is 1.93. The Kier molecular flexibility index (Phi) is 10.4. The molecule has 1 aromatic carbocycles. The summed E-state index contributed by atoms with van der Waals surface area (Å²) in [6.45, 7) is 3.78. The Morgan fingerprint density at radius 3 is 2.80 bits per heavy atom. The van der Waals surface area contributed by atoms with Gasteiger partial charge < -0.3 is 20.7 Å². The highest BCUT2D eigenvalue weighted by atomic mass is 127. The van der Waals surface area contributed by atoms with Crippen LogP contribution < -0.4 is 20.7 Å². The Morgan fingerprint density at radius 2 is 2.10 bits per heavy atom. The van der Waals surface area contributed by atoms with Gasteiger partial charge in [-0.3, -0.25) is 9.79 Å². The molecule has 1 aromatic heterocycles. The molecular weight excluding hydrogens is 511 g/mol. The van der Waals surface area contributed by atoms with Crippen molar-refractivity contribution in [2.24, 2.45) is 10.9 Å². The van der Waals surface area contributed by atoms with E-state index < -0.39 is 0 Å². The van der Waals surface area contributed by atoms with Gasteiger partial charge in [-0.2, -0.15) is 0 Å². The van der Waals surface area contributed by atoms with Crippen molar-refractivity contribution in [1.29, 1.82) is 0 Å². The van der Waals surface area contributed by atoms with Crippen LogP contribution in [0.5, 0.6) is 5.75 Å². The van der Waals surface area contributed by atoms with Crippen molar-refractivity contribution in [2.45, 2.75) is 38.8 Å². The number of halogens is 1. The van der Waals surface area contributed by atoms with Crippen LogP contribution in [0.3, 0.4) is 0 Å². The van der Waals surface area contributed by atoms with Crippen molar-refractivity contribution in [3.63, 3.8) is 0 Å². The molecule has 1 saturated carbocycles. The molecule has 1 fully saturated rings. The molecule has 1 unspecified atom stereocenters. The fraction of sp³-hybridized carbons (Fsp3) is 0.455. The van der Waals surface area contributed by atoms with Crippen molar-refractivity contribution in [3.05, 3.63) is 52.2 Å². The number of guanidine groups is 1. The summed E-state index contributed by atoms with van der Waals surface area (Å²) in [4.78, 5) is 17.5. The van der Waals surface area contributed by atoms with Crippen molar-refractivity contribution in [2.75, 3.05) is 20.2 Å². The number of benzene rings is 1. The number of carbonyl (C=O) groups is 1. The van der Waals surface area contributed by atoms with E-state index in [-0.39, 0.29) is 36.5 Å². The number of hydrogen-bond donors (Lipinski definition) is 3. The molecule has 8 heteroatoms. The molecule has 0 saturated heterocycles. The average Bonchev–Trinajstić information content (AvgIpc) is 3.39. The lowest BCUT2D eigenvalue weighted by atomic mass is 10.1. The first kappa shape index (κ1) is 24.5. The van der Waals surface area contributed by atoms with Gasteiger partial charge in [-0.15, -0.1) is 35.3 Å². The van der Waals surface area contributed by atoms with Crippen molar-refractivity contribution in [3.8, 4) is 5.75 Å². The Labute approximate surface area is 199 Å². The predicted molar refractivity (Wildman–Crippen MR) is 134 cm³/mol. The molecule has 30 heavy (non-hydrogen) atoms. The van der Waals surface area contributed by atoms with E-state index in [1.54, 1.807) is 18.4 Å². The van der Waals surface area contributed by atoms with Crippen LogP contribution in [-0.4, -0.2) is 38.1 Å². The van der Waals surface area contributed by atoms with E-state index in [1.165, 1.54) is 4.88 Å². The molecule has 1 atom stereocenters. The van der Waals surface area contributed by atoms with Gasteiger partial charge in [0.15, 0.2) is 12.6 Å². The summed E-state index contributed by atoms with van der Waals surface area (Å²) < 4.78 is 5.61. The number of hydrogen-bond acceptors (Lipinski definition) is 4. The minimum Gasteiger partial charge on any atom is -0.484 e. The maximum absolute atomic E-state index is 11.8. The molecule has 1 heterocycles. The second-order valence-corrected chi connectivity index (χ2v) is 8.51. The van der Waals surface area contributed by atoms with E-state index in [4.69, 9.17) is 4.74 Å². The number of nitrogens with one attached hydrogen (secondary N) is 3. The zero-order valence-corrected chi connectivity index (χ0v) is 20.7. The van der Waals surface area contributed by atoms with E-state index in [0.717, 1.165) is 37.3 Å². The number of rotatable bonds is 10. The van der Waals surface area contributed by atoms with E-state index in [0.29, 0.717) is 24.3 Å². The molecule has 6 nitrogen and oxygen atoms in total. The maximum atomic E-state index is 11.8. The molecule has 1 aliphatic rings. The second kappa shape index (κ2) is 12.8. The molecule has 0 bridgehead atoms. The fourth-order valence-corrected chi connectivity index (χ4v) is 3.78. The molecule has 0 radical (unpaired) electrons. The highest BCUT2D eigenvalue weighted by Crippen LogP contribution is 2.18. The molecule has 3 rings (SSSR count). The van der Waals surface area contributed by atoms with Crippen LogP contribution in [0.25, 0.3) is 0 Å². The maximum Gasteiger partial charge on any atom is 0.258 e. The highest BCUT2D eigenvalue weighted by Gasteiger charge is 2.23. The average molecular weight is 542 g/mol. The number of nitrogens with zero attached hydrogens (tertiary/aromatic N) is 1. The standard InChI is InChI=1S/C22H30N4O2S.HI/c1-16(11-20-7-4-10-29-20)13-24-22(23-2)25-14-17-5-3-6-19(12-17)28-15-21(27)26-18-8-9-18;/h3-7,10,12,16,18H,8-9,11,13-15H2,1-2H3,(H,26,27)(H2,23,24,25);1H. The third-order valence-electron chi connectivity index (χ3n) is 4.64. The number of aliphatic imine (C=N–C) groups is 1. The minimum absolute atomic E-state index is 0. The molecular formula is C22H31IN4O2S. The van der Waals surface area contributed by atoms with Gasteiger partial charge in [0.05, 0.1) is 0 Å². The Morgan fingerprint density at radius 1 is 1.27 bits per heavy atom. The Balaban J connectivity index is 0.00000320. The topological polar surface area (TPSA) is 74.8 Å². The summed E-state index contributed by atoms with van der Waals surface area (Å²) in [5.41, 5.74) is 1.07. The predicted octanol–water partition coefficient (Wildman–Crippen LogP) is 3.57. The SMILES string of the molecule is CN=C(NCc1cccc(OCC(=O)NC2CC2)c1)NCC(C)Cc1cccs1.I. The number of ether oxygens (including phenoxy) is 1. The van der Waals surface area contributed by atoms with Gasteiger partial charge in [-0.05, 0) is 54.3 Å². The third kappa shape index (κ3) is 8.91. The van der Waals surface area contributed by atoms with Crippen LogP contribution in [0.1, 0.15) is 30.2 Å². The summed E-state index contributed by atoms with van der Waals surface area (Å²) >= 11 is 1.80. The van der Waals surface area contributed by atoms with Gasteiger partial charge in [0.2, 0.25) is 0 Å². The Hall–Kier alpha value is -1.81. The first-order valence-electron chi connectivity index (χ1n) is 10.1. The molecule has 2 aromatic rings. The zero-order valence-electron chi connectivity index (χ0n) is 17.5. The fourth-order valence-electron chi connectivity index (χ4n) is 2.91. The smallest absolute Gasteiger partial charge is 0.258 e. The van der Waals surface area contributed by atoms with Crippen LogP contribution in [0.2, 0.25) is 0 Å². The molecule has 1 aliphatic carbocycles. The van der Waals surface area contributed by atoms with Crippen LogP contribution >= 0.6 is 35.3 Å². The second-order valence-electron chi connectivity index (χ2n) is 7.47. The van der Waals surface area contributed by atoms with E-state index >= 15 is 0 Å². The summed E-state index contributed by atoms with van der Waals surface area (Å²) in [5, 5.41) is 11.8. The zero-order chi connectivity index (χ0) is 20.5. The van der Waals surface area contributed by atoms with E-state index in [9.17, 15) is 4.79 Å². The minimum atomic E-state index is -0.0581. The monoisotopic (exact) mass is 542 g/mol. The van der Waals surface area contributed by atoms with Crippen molar-refractivity contribution >= 4 is 47.2 Å². The lowest BCUT2D eigenvalue weighted by Gasteiger charge is -2.16. The van der Waals surface area contributed by atoms with Crippen LogP contribution in [0.15, 0.2) is 46.8 Å². The lowest BCUT2D eigenvalue weighted by molar-refractivity contribution is -0.123. The van der Waals surface area contributed by atoms with Gasteiger partial charge in [0.25, 0.3) is 5.91 Å². The van der Waals surface area contributed by atoms with Gasteiger partial charge >= 0.3 is 0 Å². The van der Waals surface area contributed by atoms with Gasteiger partial charge in [0, 0.05) is 31.1 Å². The lowest BCUT2D eigenvalue weighted by Crippen LogP contribution is -2.39. The number of carbonyl (C=O) groups excluding carboxylic acids is 1. The van der Waals surface area contributed by atoms with Crippen LogP contribution in [0, 0.1) is 5.92 Å². The molecule has 164 valence electrons. The molecule has 3 N–H and O–H groups in total. The number of amides is 1. The number of thiophene rings is 1. The highest BCUT2D eigenvalue weighted by molar-refractivity contribution is 14.0. The first-order valence-corrected chi connectivity index (χ1v) is 11.0. The third-order valence-corrected chi connectivity index (χ3v) is 5.54. The molecule has 1 amide bonds. The van der Waals surface area contributed by atoms with Crippen molar-refractivity contribution < 1.29 is 9.53 Å². The van der Waals surface area contributed by atoms with Crippen LogP contribution in [-0.2, 0) is 17.8 Å². The summed E-state index contributed by atoms with van der Waals surface area (Å²) in [7, 11) is 1.78. The van der Waals surface area contributed by atoms with Gasteiger partial charge in [0.1, 0.15) is 5.75 Å². The largest absolute Gasteiger partial charge is 0.484 e. The van der Waals surface area contributed by atoms with Crippen LogP contribution in [0.4, 0.5) is 0 Å². The van der Waals surface area contributed by atoms with E-state index in [1.807, 2.05) is 24.3 Å². The molecule has 0 aliphatic heterocycles. The first-order chi connectivity index (χ1) is 14.1. The summed E-state index contributed by atoms with van der Waals surface area (Å²) in [6, 6.07) is 12.4. The molecule has 0 spiro atoms. The Bertz CT molecular complexity index is 809. The normalized spacial score (nSPS) is 14.4. The summed E-state index contributed by atoms with van der Waals surface area (Å²) in [6.07, 6.45) is 3.22. The van der Waals surface area contributed by atoms with E-state index in [2.05, 4.69) is 45.4 Å². The van der Waals surface area contributed by atoms with Gasteiger partial charge in [-0.1, -0.05) is 25.1 Å². The van der Waals surface area contributed by atoms with Crippen molar-refractivity contribution in [1.82, 2.24) is 16.0 Å². The van der Waals surface area contributed by atoms with Gasteiger partial charge in [-0.25, -0.2) is 0 Å².